The third-order valence-corrected chi connectivity index (χ3v) is 2.54. The number of allylic oxidation sites excluding steroid dienone is 1. The van der Waals surface area contributed by atoms with Crippen LogP contribution in [0.3, 0.4) is 0 Å². The van der Waals surface area contributed by atoms with Crippen LogP contribution in [-0.2, 0) is 4.74 Å². The molecule has 1 aliphatic carbocycles. The van der Waals surface area contributed by atoms with Gasteiger partial charge < -0.3 is 4.74 Å². The summed E-state index contributed by atoms with van der Waals surface area (Å²) < 4.78 is 5.57. The lowest BCUT2D eigenvalue weighted by Gasteiger charge is -2.16. The molecule has 12 heavy (non-hydrogen) atoms. The van der Waals surface area contributed by atoms with E-state index in [1.807, 2.05) is 13.0 Å². The number of nitrogens with zero attached hydrogens (tertiary/aromatic N) is 1. The molecular weight excluding hydrogens is 174 g/mol. The summed E-state index contributed by atoms with van der Waals surface area (Å²) in [7, 11) is 0. The quantitative estimate of drug-likeness (QED) is 0.478. The van der Waals surface area contributed by atoms with Crippen LogP contribution in [0.25, 0.3) is 0 Å². The first-order valence-electron chi connectivity index (χ1n) is 4.31. The summed E-state index contributed by atoms with van der Waals surface area (Å²) in [5.41, 5.74) is -0.114. The third-order valence-electron chi connectivity index (χ3n) is 2.03. The van der Waals surface area contributed by atoms with E-state index < -0.39 is 0 Å². The highest BCUT2D eigenvalue weighted by Gasteiger charge is 2.25. The van der Waals surface area contributed by atoms with Crippen LogP contribution >= 0.6 is 11.6 Å². The molecule has 1 saturated carbocycles. The molecule has 2 aliphatic rings. The molecule has 0 bridgehead atoms. The van der Waals surface area contributed by atoms with E-state index in [0.717, 1.165) is 5.76 Å². The van der Waals surface area contributed by atoms with E-state index in [-0.39, 0.29) is 11.4 Å². The second kappa shape index (κ2) is 3.09. The Hall–Kier alpha value is -0.500. The first kappa shape index (κ1) is 8.11. The van der Waals surface area contributed by atoms with Gasteiger partial charge in [0.05, 0.1) is 12.3 Å². The topological polar surface area (TPSA) is 21.6 Å². The van der Waals surface area contributed by atoms with Gasteiger partial charge in [0.2, 0.25) is 0 Å². The monoisotopic (exact) mass is 185 g/mol. The number of hydrogen-bond acceptors (Lipinski definition) is 2. The van der Waals surface area contributed by atoms with Crippen molar-refractivity contribution in [1.82, 2.24) is 0 Å². The van der Waals surface area contributed by atoms with Gasteiger partial charge in [-0.25, -0.2) is 0 Å². The summed E-state index contributed by atoms with van der Waals surface area (Å²) in [6.45, 7) is 2.05. The second-order valence-corrected chi connectivity index (χ2v) is 3.84. The molecule has 1 heterocycles. The van der Waals surface area contributed by atoms with Gasteiger partial charge in [0.15, 0.2) is 0 Å². The Morgan fingerprint density at radius 1 is 1.58 bits per heavy atom. The number of hydrogen-bond donors (Lipinski definition) is 0. The molecule has 2 rings (SSSR count). The number of alkyl halides is 1. The minimum atomic E-state index is -0.114. The minimum Gasteiger partial charge on any atom is -0.489 e. The van der Waals surface area contributed by atoms with Crippen molar-refractivity contribution in [3.63, 3.8) is 0 Å². The molecule has 0 spiro atoms. The van der Waals surface area contributed by atoms with Crippen molar-refractivity contribution in [3.8, 4) is 0 Å². The fourth-order valence-corrected chi connectivity index (χ4v) is 1.24. The van der Waals surface area contributed by atoms with Gasteiger partial charge in [-0.15, -0.1) is 0 Å². The average molecular weight is 186 g/mol. The number of aliphatic imine (C=N–C) groups is 1. The summed E-state index contributed by atoms with van der Waals surface area (Å²) in [6.07, 6.45) is 6.59. The number of halogens is 1. The maximum atomic E-state index is 5.89. The zero-order valence-electron chi connectivity index (χ0n) is 7.03. The van der Waals surface area contributed by atoms with Crippen molar-refractivity contribution in [3.05, 3.63) is 11.8 Å². The Morgan fingerprint density at radius 2 is 2.33 bits per heavy atom. The van der Waals surface area contributed by atoms with E-state index in [2.05, 4.69) is 4.99 Å². The molecule has 0 aromatic rings. The first-order valence-corrected chi connectivity index (χ1v) is 4.75. The first-order chi connectivity index (χ1) is 5.75. The van der Waals surface area contributed by atoms with Crippen LogP contribution in [0.5, 0.6) is 0 Å². The molecule has 0 radical (unpaired) electrons. The van der Waals surface area contributed by atoms with E-state index >= 15 is 0 Å². The van der Waals surface area contributed by atoms with Crippen molar-refractivity contribution >= 4 is 17.8 Å². The molecule has 1 aliphatic heterocycles. The number of dihydropyridines is 1. The van der Waals surface area contributed by atoms with Gasteiger partial charge in [0, 0.05) is 5.92 Å². The zero-order valence-corrected chi connectivity index (χ0v) is 7.79. The largest absolute Gasteiger partial charge is 0.489 e. The molecule has 2 atom stereocenters. The molecule has 66 valence electrons. The lowest BCUT2D eigenvalue weighted by atomic mass is 10.1. The molecule has 1 fully saturated rings. The standard InChI is InChI=1S/C9H12ClNO/c1-6-4-8(5-11-9(6)10)12-7-2-3-7/h4-7,9H,2-3H2,1H3. The molecule has 0 aromatic carbocycles. The Labute approximate surface area is 77.3 Å². The van der Waals surface area contributed by atoms with Crippen LogP contribution in [0.2, 0.25) is 0 Å². The van der Waals surface area contributed by atoms with Crippen LogP contribution in [-0.4, -0.2) is 17.8 Å². The second-order valence-electron chi connectivity index (χ2n) is 3.40. The predicted octanol–water partition coefficient (Wildman–Crippen LogP) is 2.33. The molecule has 0 saturated heterocycles. The van der Waals surface area contributed by atoms with E-state index in [4.69, 9.17) is 16.3 Å². The highest BCUT2D eigenvalue weighted by atomic mass is 35.5. The van der Waals surface area contributed by atoms with Gasteiger partial charge >= 0.3 is 0 Å². The van der Waals surface area contributed by atoms with E-state index in [0.29, 0.717) is 6.10 Å². The minimum absolute atomic E-state index is 0.114. The summed E-state index contributed by atoms with van der Waals surface area (Å²) in [5, 5.41) is 0. The van der Waals surface area contributed by atoms with Crippen molar-refractivity contribution in [2.24, 2.45) is 10.9 Å². The number of ether oxygens (including phenoxy) is 1. The highest BCUT2D eigenvalue weighted by molar-refractivity contribution is 6.21. The zero-order chi connectivity index (χ0) is 8.55. The fourth-order valence-electron chi connectivity index (χ4n) is 1.11. The van der Waals surface area contributed by atoms with Gasteiger partial charge in [0.25, 0.3) is 0 Å². The van der Waals surface area contributed by atoms with Gasteiger partial charge in [0.1, 0.15) is 11.3 Å². The van der Waals surface area contributed by atoms with Crippen molar-refractivity contribution < 1.29 is 4.74 Å². The maximum Gasteiger partial charge on any atom is 0.133 e. The van der Waals surface area contributed by atoms with Crippen LogP contribution in [0.1, 0.15) is 19.8 Å². The average Bonchev–Trinajstić information content (AvgIpc) is 2.81. The third kappa shape index (κ3) is 1.81. The van der Waals surface area contributed by atoms with Gasteiger partial charge in [-0.3, -0.25) is 4.99 Å². The van der Waals surface area contributed by atoms with Gasteiger partial charge in [-0.05, 0) is 18.9 Å². The van der Waals surface area contributed by atoms with E-state index in [9.17, 15) is 0 Å². The molecule has 2 unspecified atom stereocenters. The van der Waals surface area contributed by atoms with Gasteiger partial charge in [-0.2, -0.15) is 0 Å². The van der Waals surface area contributed by atoms with Crippen LogP contribution in [0.4, 0.5) is 0 Å². The van der Waals surface area contributed by atoms with Crippen LogP contribution in [0.15, 0.2) is 16.8 Å². The van der Waals surface area contributed by atoms with Crippen LogP contribution in [0, 0.1) is 5.92 Å². The molecule has 2 nitrogen and oxygen atoms in total. The number of rotatable bonds is 2. The summed E-state index contributed by atoms with van der Waals surface area (Å²) in [5.74, 6) is 1.17. The fraction of sp³-hybridized carbons (Fsp3) is 0.667. The van der Waals surface area contributed by atoms with E-state index in [1.54, 1.807) is 6.21 Å². The van der Waals surface area contributed by atoms with Crippen molar-refractivity contribution in [2.45, 2.75) is 31.4 Å². The predicted molar refractivity (Wildman–Crippen MR) is 49.5 cm³/mol. The normalized spacial score (nSPS) is 34.7. The molecule has 3 heteroatoms. The smallest absolute Gasteiger partial charge is 0.133 e. The Balaban J connectivity index is 1.97. The van der Waals surface area contributed by atoms with Crippen molar-refractivity contribution in [2.75, 3.05) is 0 Å². The molecule has 0 amide bonds. The maximum absolute atomic E-state index is 5.89. The Bertz CT molecular complexity index is 233. The summed E-state index contributed by atoms with van der Waals surface area (Å²) in [6, 6.07) is 0. The lowest BCUT2D eigenvalue weighted by Crippen LogP contribution is -2.13. The lowest BCUT2D eigenvalue weighted by molar-refractivity contribution is 0.213. The Kier molecular flexibility index (Phi) is 2.09. The molecule has 0 N–H and O–H groups in total. The van der Waals surface area contributed by atoms with Crippen LogP contribution < -0.4 is 0 Å². The summed E-state index contributed by atoms with van der Waals surface area (Å²) >= 11 is 5.89. The summed E-state index contributed by atoms with van der Waals surface area (Å²) in [4.78, 5) is 4.12. The molecular formula is C9H12ClNO. The SMILES string of the molecule is CC1C=C(OC2CC2)C=NC1Cl. The highest BCUT2D eigenvalue weighted by Crippen LogP contribution is 2.28. The van der Waals surface area contributed by atoms with Crippen molar-refractivity contribution in [1.29, 1.82) is 0 Å². The molecule has 0 aromatic heterocycles. The Morgan fingerprint density at radius 3 is 2.92 bits per heavy atom. The van der Waals surface area contributed by atoms with Gasteiger partial charge in [-0.1, -0.05) is 18.5 Å². The van der Waals surface area contributed by atoms with E-state index in [1.165, 1.54) is 12.8 Å².